The van der Waals surface area contributed by atoms with E-state index in [1.807, 2.05) is 0 Å². The normalized spacial score (nSPS) is 9.52. The summed E-state index contributed by atoms with van der Waals surface area (Å²) in [6.45, 7) is 5.51. The molecule has 0 aliphatic rings. The summed E-state index contributed by atoms with van der Waals surface area (Å²) in [7, 11) is 0. The molecule has 0 N–H and O–H groups in total. The molecule has 0 aromatic heterocycles. The molecule has 29 heavy (non-hydrogen) atoms. The Labute approximate surface area is 203 Å². The van der Waals surface area contributed by atoms with Gasteiger partial charge >= 0.3 is 19.5 Å². The summed E-state index contributed by atoms with van der Waals surface area (Å²) in [4.78, 5) is 21.7. The van der Waals surface area contributed by atoms with Crippen molar-refractivity contribution in [2.75, 3.05) is 24.7 Å². The summed E-state index contributed by atoms with van der Waals surface area (Å²) < 4.78 is 9.89. The molecule has 0 radical (unpaired) electrons. The third-order valence-electron chi connectivity index (χ3n) is 4.00. The van der Waals surface area contributed by atoms with Crippen molar-refractivity contribution in [2.45, 2.75) is 90.9 Å². The smallest absolute Gasteiger partial charge is 0.488 e. The van der Waals surface area contributed by atoms with Crippen molar-refractivity contribution < 1.29 is 38.5 Å². The first-order chi connectivity index (χ1) is 13.6. The number of carbonyl (C=O) groups excluding carboxylic acids is 2. The van der Waals surface area contributed by atoms with Crippen LogP contribution in [0.3, 0.4) is 0 Å². The van der Waals surface area contributed by atoms with Gasteiger partial charge in [-0.1, -0.05) is 78.1 Å². The summed E-state index contributed by atoms with van der Waals surface area (Å²) >= 11 is 7.81. The average Bonchev–Trinajstić information content (AvgIpc) is 2.67. The predicted octanol–water partition coefficient (Wildman–Crippen LogP) is 6.05. The molecular weight excluding hydrogens is 458 g/mol. The van der Waals surface area contributed by atoms with E-state index in [1.54, 1.807) is 0 Å². The molecule has 0 spiro atoms. The maximum Gasteiger partial charge on any atom is 2.00 e. The molecule has 0 aliphatic heterocycles. The Hall–Kier alpha value is 0.00338. The van der Waals surface area contributed by atoms with Crippen LogP contribution in [0.4, 0.5) is 0 Å². The number of carbonyl (C=O) groups is 2. The fourth-order valence-electron chi connectivity index (χ4n) is 2.38. The molecule has 0 saturated carbocycles. The van der Waals surface area contributed by atoms with Crippen LogP contribution in [0.25, 0.3) is 0 Å². The van der Waals surface area contributed by atoms with E-state index in [9.17, 15) is 9.59 Å². The molecule has 0 atom stereocenters. The quantitative estimate of drug-likeness (QED) is 0.0792. The summed E-state index contributed by atoms with van der Waals surface area (Å²) in [5.41, 5.74) is 0. The van der Waals surface area contributed by atoms with Crippen molar-refractivity contribution in [3.05, 3.63) is 12.8 Å². The third-order valence-corrected chi connectivity index (χ3v) is 4.37. The van der Waals surface area contributed by atoms with Gasteiger partial charge in [0.1, 0.15) is 0 Å². The van der Waals surface area contributed by atoms with Crippen molar-refractivity contribution >= 4 is 37.2 Å². The number of esters is 2. The Bertz CT molecular complexity index is 313. The van der Waals surface area contributed by atoms with Gasteiger partial charge in [-0.05, 0) is 12.8 Å². The van der Waals surface area contributed by atoms with E-state index >= 15 is 0 Å². The summed E-state index contributed by atoms with van der Waals surface area (Å²) in [5.74, 6) is 0.423. The Balaban J connectivity index is -0.000000451. The largest absolute Gasteiger partial charge is 2.00 e. The van der Waals surface area contributed by atoms with E-state index in [0.29, 0.717) is 24.7 Å². The van der Waals surface area contributed by atoms with Gasteiger partial charge in [0.25, 0.3) is 0 Å². The molecule has 0 bridgehead atoms. The van der Waals surface area contributed by atoms with Gasteiger partial charge in [0, 0.05) is 0 Å². The standard InChI is InChI=1S/2C11H21O2S.Zn/c2*1-2-3-4-5-6-7-9-13-11(12)8-10-14;/h2*8,14H,2-7,9-10H2,1H3;/q2*-1;+2. The molecular formula is C22H42O4S2Zn. The number of thiol groups is 2. The third kappa shape index (κ3) is 32.9. The first-order valence-corrected chi connectivity index (χ1v) is 12.1. The molecule has 0 unspecified atom stereocenters. The number of hydrogen-bond acceptors (Lipinski definition) is 6. The van der Waals surface area contributed by atoms with Gasteiger partial charge in [0.05, 0.1) is 13.2 Å². The van der Waals surface area contributed by atoms with Crippen molar-refractivity contribution in [3.8, 4) is 0 Å². The van der Waals surface area contributed by atoms with Crippen LogP contribution in [0.1, 0.15) is 90.9 Å². The minimum Gasteiger partial charge on any atom is -0.488 e. The number of unbranched alkanes of at least 4 members (excludes halogenated alkanes) is 10. The van der Waals surface area contributed by atoms with Crippen LogP contribution < -0.4 is 0 Å². The number of rotatable bonds is 18. The predicted molar refractivity (Wildman–Crippen MR) is 125 cm³/mol. The average molecular weight is 500 g/mol. The molecule has 0 fully saturated rings. The molecule has 7 heteroatoms. The van der Waals surface area contributed by atoms with Crippen LogP contribution in [0.2, 0.25) is 0 Å². The second-order valence-electron chi connectivity index (χ2n) is 6.64. The Kier molecular flexibility index (Phi) is 35.0. The molecule has 0 rings (SSSR count). The summed E-state index contributed by atoms with van der Waals surface area (Å²) in [5, 5.41) is 0. The van der Waals surface area contributed by atoms with Gasteiger partial charge in [-0.15, -0.1) is 11.5 Å². The second-order valence-corrected chi connectivity index (χ2v) is 7.37. The van der Waals surface area contributed by atoms with E-state index in [1.165, 1.54) is 64.2 Å². The Morgan fingerprint density at radius 1 is 0.621 bits per heavy atom. The fraction of sp³-hybridized carbons (Fsp3) is 0.818. The molecule has 168 valence electrons. The van der Waals surface area contributed by atoms with E-state index in [-0.39, 0.29) is 31.4 Å². The molecule has 0 saturated heterocycles. The fourth-order valence-corrected chi connectivity index (χ4v) is 2.68. The van der Waals surface area contributed by atoms with E-state index < -0.39 is 0 Å². The van der Waals surface area contributed by atoms with E-state index in [0.717, 1.165) is 25.7 Å². The van der Waals surface area contributed by atoms with Crippen LogP contribution in [-0.4, -0.2) is 36.7 Å². The van der Waals surface area contributed by atoms with Crippen LogP contribution in [0.15, 0.2) is 0 Å². The van der Waals surface area contributed by atoms with Crippen LogP contribution in [0, 0.1) is 12.8 Å². The first-order valence-electron chi connectivity index (χ1n) is 10.8. The zero-order valence-corrected chi connectivity index (χ0v) is 23.5. The maximum atomic E-state index is 10.9. The van der Waals surface area contributed by atoms with Crippen LogP contribution in [0.5, 0.6) is 0 Å². The number of hydrogen-bond donors (Lipinski definition) is 2. The second kappa shape index (κ2) is 30.2. The summed E-state index contributed by atoms with van der Waals surface area (Å²) in [6, 6.07) is 0. The Morgan fingerprint density at radius 3 is 1.24 bits per heavy atom. The van der Waals surface area contributed by atoms with Gasteiger partial charge in [-0.2, -0.15) is 0 Å². The zero-order chi connectivity index (χ0) is 21.3. The Morgan fingerprint density at radius 2 is 0.931 bits per heavy atom. The van der Waals surface area contributed by atoms with Gasteiger partial charge in [0.15, 0.2) is 11.9 Å². The van der Waals surface area contributed by atoms with Gasteiger partial charge in [-0.3, -0.25) is 22.4 Å². The number of ether oxygens (including phenoxy) is 2. The minimum atomic E-state index is -0.242. The zero-order valence-electron chi connectivity index (χ0n) is 18.7. The minimum absolute atomic E-state index is 0. The van der Waals surface area contributed by atoms with Gasteiger partial charge in [0.2, 0.25) is 0 Å². The van der Waals surface area contributed by atoms with Crippen molar-refractivity contribution in [1.29, 1.82) is 0 Å². The van der Waals surface area contributed by atoms with E-state index in [2.05, 4.69) is 39.1 Å². The maximum absolute atomic E-state index is 10.9. The van der Waals surface area contributed by atoms with Crippen molar-refractivity contribution in [2.24, 2.45) is 0 Å². The topological polar surface area (TPSA) is 52.6 Å². The first kappa shape index (κ1) is 33.6. The molecule has 0 aromatic rings. The molecule has 0 aliphatic carbocycles. The van der Waals surface area contributed by atoms with Crippen LogP contribution >= 0.6 is 25.3 Å². The van der Waals surface area contributed by atoms with E-state index in [4.69, 9.17) is 9.47 Å². The molecule has 0 amide bonds. The molecule has 4 nitrogen and oxygen atoms in total. The molecule has 0 heterocycles. The van der Waals surface area contributed by atoms with Crippen LogP contribution in [-0.2, 0) is 38.5 Å². The van der Waals surface area contributed by atoms with Gasteiger partial charge < -0.3 is 9.47 Å². The monoisotopic (exact) mass is 498 g/mol. The van der Waals surface area contributed by atoms with Crippen molar-refractivity contribution in [3.63, 3.8) is 0 Å². The SMILES string of the molecule is CCCCCCCCOC(=O)[CH-]CS.CCCCCCCCOC(=O)[CH-]CS.[Zn+2]. The van der Waals surface area contributed by atoms with Crippen molar-refractivity contribution in [1.82, 2.24) is 0 Å². The van der Waals surface area contributed by atoms with Gasteiger partial charge in [-0.25, -0.2) is 25.3 Å². The summed E-state index contributed by atoms with van der Waals surface area (Å²) in [6.07, 6.45) is 17.4. The molecule has 0 aromatic carbocycles.